The summed E-state index contributed by atoms with van der Waals surface area (Å²) in [6, 6.07) is 12.5. The van der Waals surface area contributed by atoms with Crippen molar-refractivity contribution in [1.29, 1.82) is 0 Å². The Morgan fingerprint density at radius 2 is 2.00 bits per heavy atom. The molecule has 4 rings (SSSR count). The molecule has 0 atom stereocenters. The molecule has 1 aliphatic heterocycles. The van der Waals surface area contributed by atoms with Crippen LogP contribution in [-0.4, -0.2) is 43.1 Å². The number of aryl methyl sites for hydroxylation is 2. The van der Waals surface area contributed by atoms with Crippen molar-refractivity contribution in [3.63, 3.8) is 0 Å². The summed E-state index contributed by atoms with van der Waals surface area (Å²) in [5.41, 5.74) is 3.20. The Kier molecular flexibility index (Phi) is 6.11. The Hall–Kier alpha value is -2.44. The van der Waals surface area contributed by atoms with Crippen LogP contribution in [0, 0.1) is 13.8 Å². The van der Waals surface area contributed by atoms with E-state index in [1.54, 1.807) is 11.3 Å². The van der Waals surface area contributed by atoms with Gasteiger partial charge >= 0.3 is 0 Å². The maximum Gasteiger partial charge on any atom is 0.274 e. The fraction of sp³-hybridized carbons (Fsp3) is 0.391. The minimum atomic E-state index is 0.273. The number of nitrogens with zero attached hydrogens (tertiary/aromatic N) is 2. The predicted octanol–water partition coefficient (Wildman–Crippen LogP) is 1.81. The van der Waals surface area contributed by atoms with Crippen LogP contribution in [-0.2, 0) is 13.0 Å². The molecule has 0 amide bonds. The molecule has 1 aliphatic rings. The van der Waals surface area contributed by atoms with E-state index in [1.807, 2.05) is 12.3 Å². The van der Waals surface area contributed by atoms with Crippen molar-refractivity contribution in [2.24, 2.45) is 0 Å². The Labute approximate surface area is 176 Å². The Morgan fingerprint density at radius 1 is 1.17 bits per heavy atom. The van der Waals surface area contributed by atoms with Gasteiger partial charge in [-0.05, 0) is 43.8 Å². The normalized spacial score (nSPS) is 15.0. The van der Waals surface area contributed by atoms with Crippen molar-refractivity contribution >= 4 is 22.9 Å². The molecule has 1 fully saturated rings. The van der Waals surface area contributed by atoms with Crippen LogP contribution in [0.5, 0.6) is 0 Å². The van der Waals surface area contributed by atoms with Crippen LogP contribution in [0.1, 0.15) is 26.6 Å². The Bertz CT molecular complexity index is 941. The molecule has 5 nitrogen and oxygen atoms in total. The summed E-state index contributed by atoms with van der Waals surface area (Å²) in [5, 5.41) is 2.12. The average Bonchev–Trinajstić information content (AvgIpc) is 3.36. The smallest absolute Gasteiger partial charge is 0.274 e. The minimum absolute atomic E-state index is 0.273. The third kappa shape index (κ3) is 4.60. The number of carbonyl (C=O) groups excluding carboxylic acids is 1. The molecule has 0 aliphatic carbocycles. The van der Waals surface area contributed by atoms with Crippen molar-refractivity contribution < 1.29 is 14.7 Å². The summed E-state index contributed by atoms with van der Waals surface area (Å²) in [6.45, 7) is 9.66. The highest BCUT2D eigenvalue weighted by Crippen LogP contribution is 2.18. The van der Waals surface area contributed by atoms with E-state index < -0.39 is 0 Å². The van der Waals surface area contributed by atoms with Gasteiger partial charge in [0.15, 0.2) is 0 Å². The lowest BCUT2D eigenvalue weighted by atomic mass is 10.1. The van der Waals surface area contributed by atoms with E-state index in [0.29, 0.717) is 6.54 Å². The van der Waals surface area contributed by atoms with E-state index in [1.165, 1.54) is 15.5 Å². The van der Waals surface area contributed by atoms with Crippen molar-refractivity contribution in [3.05, 3.63) is 69.8 Å². The maximum atomic E-state index is 13.0. The van der Waals surface area contributed by atoms with Crippen LogP contribution in [0.25, 0.3) is 0 Å². The first kappa shape index (κ1) is 19.9. The molecule has 0 aromatic carbocycles. The van der Waals surface area contributed by atoms with Crippen molar-refractivity contribution in [3.8, 4) is 0 Å². The van der Waals surface area contributed by atoms with E-state index in [-0.39, 0.29) is 5.78 Å². The van der Waals surface area contributed by atoms with E-state index >= 15 is 0 Å². The molecule has 0 saturated carbocycles. The number of quaternary nitrogens is 1. The van der Waals surface area contributed by atoms with Crippen molar-refractivity contribution in [1.82, 2.24) is 4.57 Å². The number of carbonyl (C=O) groups is 1. The number of hydrogen-bond donors (Lipinski definition) is 1. The van der Waals surface area contributed by atoms with E-state index in [4.69, 9.17) is 0 Å². The number of Topliss-reactive ketones (excluding diaryl/α,β-unsaturated/α-hetero) is 1. The summed E-state index contributed by atoms with van der Waals surface area (Å²) in [4.78, 5) is 21.5. The molecule has 0 unspecified atom stereocenters. The lowest BCUT2D eigenvalue weighted by Crippen LogP contribution is -3.15. The van der Waals surface area contributed by atoms with E-state index in [2.05, 4.69) is 64.0 Å². The first-order valence-electron chi connectivity index (χ1n) is 10.4. The second-order valence-corrected chi connectivity index (χ2v) is 8.88. The van der Waals surface area contributed by atoms with Gasteiger partial charge in [-0.1, -0.05) is 12.1 Å². The monoisotopic (exact) mass is 410 g/mol. The number of piperazine rings is 1. The van der Waals surface area contributed by atoms with Crippen LogP contribution < -0.4 is 14.8 Å². The summed E-state index contributed by atoms with van der Waals surface area (Å²) in [5.74, 6) is 1.43. The third-order valence-electron chi connectivity index (χ3n) is 5.95. The van der Waals surface area contributed by atoms with Gasteiger partial charge in [0.1, 0.15) is 32.7 Å². The Morgan fingerprint density at radius 3 is 2.69 bits per heavy atom. The number of thiophene rings is 1. The topological polar surface area (TPSA) is 43.8 Å². The molecular formula is C23H30N4OS+2. The van der Waals surface area contributed by atoms with Gasteiger partial charge < -0.3 is 9.47 Å². The summed E-state index contributed by atoms with van der Waals surface area (Å²) >= 11 is 1.80. The maximum absolute atomic E-state index is 13.0. The highest BCUT2D eigenvalue weighted by atomic mass is 32.1. The van der Waals surface area contributed by atoms with Crippen LogP contribution in [0.4, 0.5) is 5.82 Å². The summed E-state index contributed by atoms with van der Waals surface area (Å²) in [7, 11) is 0. The van der Waals surface area contributed by atoms with Crippen LogP contribution >= 0.6 is 11.3 Å². The van der Waals surface area contributed by atoms with Crippen LogP contribution in [0.2, 0.25) is 0 Å². The number of rotatable bonds is 7. The van der Waals surface area contributed by atoms with Gasteiger partial charge in [-0.3, -0.25) is 9.69 Å². The third-order valence-corrected chi connectivity index (χ3v) is 6.89. The largest absolute Gasteiger partial charge is 0.348 e. The van der Waals surface area contributed by atoms with Gasteiger partial charge in [-0.25, -0.2) is 4.98 Å². The molecule has 1 saturated heterocycles. The molecular weight excluding hydrogens is 380 g/mol. The lowest BCUT2D eigenvalue weighted by molar-refractivity contribution is -0.892. The van der Waals surface area contributed by atoms with Crippen molar-refractivity contribution in [2.75, 3.05) is 37.6 Å². The second kappa shape index (κ2) is 8.93. The number of anilines is 1. The molecule has 3 aromatic rings. The first-order valence-corrected chi connectivity index (χ1v) is 11.3. The fourth-order valence-corrected chi connectivity index (χ4v) is 4.95. The fourth-order valence-electron chi connectivity index (χ4n) is 4.25. The predicted molar refractivity (Wildman–Crippen MR) is 117 cm³/mol. The van der Waals surface area contributed by atoms with Crippen LogP contribution in [0.15, 0.2) is 48.0 Å². The zero-order valence-electron chi connectivity index (χ0n) is 17.3. The number of aromatic nitrogens is 2. The van der Waals surface area contributed by atoms with Crippen molar-refractivity contribution in [2.45, 2.75) is 26.8 Å². The molecule has 6 heteroatoms. The van der Waals surface area contributed by atoms with Gasteiger partial charge in [0.25, 0.3) is 5.82 Å². The molecule has 0 spiro atoms. The number of aromatic amines is 1. The number of H-pyrrole nitrogens is 1. The summed E-state index contributed by atoms with van der Waals surface area (Å²) < 4.78 is 2.30. The zero-order valence-corrected chi connectivity index (χ0v) is 18.1. The lowest BCUT2D eigenvalue weighted by Gasteiger charge is -2.27. The number of nitrogens with one attached hydrogen (secondary N) is 2. The number of hydrogen-bond acceptors (Lipinski definition) is 3. The molecule has 152 valence electrons. The molecule has 0 radical (unpaired) electrons. The van der Waals surface area contributed by atoms with E-state index in [0.717, 1.165) is 56.2 Å². The van der Waals surface area contributed by atoms with Gasteiger partial charge in [0.05, 0.1) is 6.20 Å². The van der Waals surface area contributed by atoms with Gasteiger partial charge in [-0.2, -0.15) is 0 Å². The summed E-state index contributed by atoms with van der Waals surface area (Å²) in [6.07, 6.45) is 2.98. The number of pyridine rings is 1. The van der Waals surface area contributed by atoms with Gasteiger partial charge in [0.2, 0.25) is 5.78 Å². The van der Waals surface area contributed by atoms with E-state index in [9.17, 15) is 4.79 Å². The Balaban J connectivity index is 1.35. The molecule has 4 heterocycles. The quantitative estimate of drug-likeness (QED) is 0.604. The zero-order chi connectivity index (χ0) is 20.2. The SMILES string of the molecule is Cc1cc(C(=O)C[NH+]2CCN(c3cccc[nH+]3)CC2)c(C)n1CCc1cccs1. The van der Waals surface area contributed by atoms with Crippen LogP contribution in [0.3, 0.4) is 0 Å². The first-order chi connectivity index (χ1) is 14.1. The molecule has 3 aromatic heterocycles. The van der Waals surface area contributed by atoms with Gasteiger partial charge in [-0.15, -0.1) is 11.3 Å². The van der Waals surface area contributed by atoms with Gasteiger partial charge in [0, 0.05) is 34.4 Å². The molecule has 0 bridgehead atoms. The standard InChI is InChI=1S/C23H28N4OS/c1-18-16-21(19(2)27(18)10-8-20-6-5-15-29-20)22(28)17-25-11-13-26(14-12-25)23-7-3-4-9-24-23/h3-7,9,15-16H,8,10-14,17H2,1-2H3/p+2. The second-order valence-electron chi connectivity index (χ2n) is 7.85. The highest BCUT2D eigenvalue weighted by Gasteiger charge is 2.28. The molecule has 2 N–H and O–H groups in total. The number of ketones is 1. The molecule has 29 heavy (non-hydrogen) atoms. The average molecular weight is 411 g/mol. The minimum Gasteiger partial charge on any atom is -0.348 e. The highest BCUT2D eigenvalue weighted by molar-refractivity contribution is 7.09.